The van der Waals surface area contributed by atoms with Crippen LogP contribution in [0.3, 0.4) is 0 Å². The lowest BCUT2D eigenvalue weighted by atomic mass is 9.89. The highest BCUT2D eigenvalue weighted by Crippen LogP contribution is 2.38. The van der Waals surface area contributed by atoms with Crippen molar-refractivity contribution in [3.05, 3.63) is 58.8 Å². The summed E-state index contributed by atoms with van der Waals surface area (Å²) in [5.74, 6) is 0.728. The molecular formula is C25H28FNO4S. The maximum Gasteiger partial charge on any atom is 0.258 e. The van der Waals surface area contributed by atoms with E-state index < -0.39 is 15.7 Å². The lowest BCUT2D eigenvalue weighted by Crippen LogP contribution is -2.23. The molecule has 0 spiro atoms. The molecule has 4 rings (SSSR count). The van der Waals surface area contributed by atoms with Gasteiger partial charge in [-0.1, -0.05) is 19.9 Å². The Hall–Kier alpha value is -2.67. The number of sulfone groups is 1. The Morgan fingerprint density at radius 3 is 2.44 bits per heavy atom. The lowest BCUT2D eigenvalue weighted by Gasteiger charge is -2.28. The van der Waals surface area contributed by atoms with Crippen molar-refractivity contribution in [1.82, 2.24) is 4.57 Å². The molecule has 1 saturated carbocycles. The van der Waals surface area contributed by atoms with E-state index in [9.17, 15) is 17.6 Å². The first-order valence-corrected chi connectivity index (χ1v) is 12.7. The van der Waals surface area contributed by atoms with Gasteiger partial charge in [-0.2, -0.15) is 0 Å². The Balaban J connectivity index is 1.92. The zero-order valence-electron chi connectivity index (χ0n) is 18.6. The third kappa shape index (κ3) is 4.31. The second kappa shape index (κ2) is 8.70. The molecule has 0 unspecified atom stereocenters. The van der Waals surface area contributed by atoms with Crippen LogP contribution in [-0.2, 0) is 16.9 Å². The molecule has 1 aromatic heterocycles. The smallest absolute Gasteiger partial charge is 0.258 e. The number of hydrogen-bond donors (Lipinski definition) is 0. The summed E-state index contributed by atoms with van der Waals surface area (Å²) in [6, 6.07) is 8.98. The highest BCUT2D eigenvalue weighted by Gasteiger charge is 2.23. The number of pyridine rings is 1. The van der Waals surface area contributed by atoms with Crippen molar-refractivity contribution in [1.29, 1.82) is 0 Å². The summed E-state index contributed by atoms with van der Waals surface area (Å²) in [6.07, 6.45) is 5.77. The summed E-state index contributed by atoms with van der Waals surface area (Å²) in [4.78, 5) is 12.8. The molecule has 0 N–H and O–H groups in total. The highest BCUT2D eigenvalue weighted by atomic mass is 32.2. The molecule has 5 nitrogen and oxygen atoms in total. The molecule has 1 aliphatic carbocycles. The Kier molecular flexibility index (Phi) is 6.12. The van der Waals surface area contributed by atoms with Crippen molar-refractivity contribution in [2.45, 2.75) is 50.5 Å². The van der Waals surface area contributed by atoms with Crippen LogP contribution in [0.5, 0.6) is 5.75 Å². The zero-order valence-corrected chi connectivity index (χ0v) is 19.4. The van der Waals surface area contributed by atoms with Gasteiger partial charge < -0.3 is 9.30 Å². The Labute approximate surface area is 187 Å². The van der Waals surface area contributed by atoms with E-state index in [4.69, 9.17) is 4.74 Å². The number of aromatic nitrogens is 1. The third-order valence-electron chi connectivity index (χ3n) is 6.38. The number of fused-ring (bicyclic) bond motifs is 1. The third-order valence-corrected chi connectivity index (χ3v) is 8.11. The van der Waals surface area contributed by atoms with Crippen LogP contribution in [0.4, 0.5) is 4.39 Å². The first kappa shape index (κ1) is 22.5. The second-order valence-electron chi connectivity index (χ2n) is 8.71. The van der Waals surface area contributed by atoms with E-state index >= 15 is 0 Å². The van der Waals surface area contributed by atoms with E-state index in [0.717, 1.165) is 25.7 Å². The van der Waals surface area contributed by atoms with E-state index in [-0.39, 0.29) is 27.7 Å². The zero-order chi connectivity index (χ0) is 23.0. The summed E-state index contributed by atoms with van der Waals surface area (Å²) in [5, 5.41) is 0.800. The number of benzene rings is 2. The molecule has 0 radical (unpaired) electrons. The minimum absolute atomic E-state index is 0.0214. The van der Waals surface area contributed by atoms with Crippen LogP contribution in [-0.4, -0.2) is 24.8 Å². The average Bonchev–Trinajstić information content (AvgIpc) is 2.78. The molecular weight excluding hydrogens is 429 g/mol. The van der Waals surface area contributed by atoms with Crippen LogP contribution >= 0.6 is 0 Å². The quantitative estimate of drug-likeness (QED) is 0.535. The molecule has 1 aliphatic rings. The molecule has 1 heterocycles. The van der Waals surface area contributed by atoms with Crippen LogP contribution in [0.2, 0.25) is 0 Å². The van der Waals surface area contributed by atoms with Crippen molar-refractivity contribution in [3.8, 4) is 16.9 Å². The molecule has 170 valence electrons. The van der Waals surface area contributed by atoms with E-state index in [0.29, 0.717) is 28.2 Å². The molecule has 0 bridgehead atoms. The first-order valence-electron chi connectivity index (χ1n) is 11.0. The maximum absolute atomic E-state index is 13.9. The van der Waals surface area contributed by atoms with Crippen molar-refractivity contribution in [3.63, 3.8) is 0 Å². The second-order valence-corrected chi connectivity index (χ2v) is 11.0. The minimum atomic E-state index is -3.45. The summed E-state index contributed by atoms with van der Waals surface area (Å²) in [5.41, 5.74) is 0.907. The predicted molar refractivity (Wildman–Crippen MR) is 124 cm³/mol. The molecule has 1 fully saturated rings. The fourth-order valence-corrected chi connectivity index (χ4v) is 5.27. The standard InChI is InChI=1S/C25H28FNO4S/c1-4-32(29,30)19-10-12-24(31-18-8-5-16(2)6-9-18)21(14-19)23-15-27(3)25(28)22-13-17(26)7-11-20(22)23/h7,10-16,18H,4-6,8-9H2,1-3H3. The van der Waals surface area contributed by atoms with Crippen molar-refractivity contribution in [2.75, 3.05) is 5.75 Å². The van der Waals surface area contributed by atoms with Crippen LogP contribution in [0.1, 0.15) is 39.5 Å². The fraction of sp³-hybridized carbons (Fsp3) is 0.400. The number of halogens is 1. The van der Waals surface area contributed by atoms with Gasteiger partial charge >= 0.3 is 0 Å². The molecule has 0 aliphatic heterocycles. The maximum atomic E-state index is 13.9. The lowest BCUT2D eigenvalue weighted by molar-refractivity contribution is 0.136. The van der Waals surface area contributed by atoms with Gasteiger partial charge in [0, 0.05) is 24.4 Å². The van der Waals surface area contributed by atoms with Gasteiger partial charge in [-0.3, -0.25) is 4.79 Å². The average molecular weight is 458 g/mol. The summed E-state index contributed by atoms with van der Waals surface area (Å²) >= 11 is 0. The van der Waals surface area contributed by atoms with Crippen molar-refractivity contribution in [2.24, 2.45) is 13.0 Å². The highest BCUT2D eigenvalue weighted by molar-refractivity contribution is 7.91. The monoisotopic (exact) mass is 457 g/mol. The van der Waals surface area contributed by atoms with Crippen molar-refractivity contribution >= 4 is 20.6 Å². The van der Waals surface area contributed by atoms with E-state index in [2.05, 4.69) is 6.92 Å². The Morgan fingerprint density at radius 1 is 1.03 bits per heavy atom. The van der Waals surface area contributed by atoms with Crippen LogP contribution in [0.15, 0.2) is 52.3 Å². The van der Waals surface area contributed by atoms with Gasteiger partial charge in [0.15, 0.2) is 9.84 Å². The minimum Gasteiger partial charge on any atom is -0.490 e. The molecule has 0 atom stereocenters. The van der Waals surface area contributed by atoms with Gasteiger partial charge in [0.1, 0.15) is 11.6 Å². The molecule has 7 heteroatoms. The number of ether oxygens (including phenoxy) is 1. The SMILES string of the molecule is CCS(=O)(=O)c1ccc(OC2CCC(C)CC2)c(-c2cn(C)c(=O)c3cc(F)ccc23)c1. The number of rotatable bonds is 5. The van der Waals surface area contributed by atoms with Gasteiger partial charge in [-0.15, -0.1) is 0 Å². The molecule has 0 amide bonds. The first-order chi connectivity index (χ1) is 15.2. The topological polar surface area (TPSA) is 65.4 Å². The van der Waals surface area contributed by atoms with Gasteiger partial charge in [-0.05, 0) is 67.3 Å². The normalized spacial score (nSPS) is 19.2. The number of nitrogens with zero attached hydrogens (tertiary/aromatic N) is 1. The van der Waals surface area contributed by atoms with Crippen LogP contribution < -0.4 is 10.3 Å². The van der Waals surface area contributed by atoms with Crippen LogP contribution in [0, 0.1) is 11.7 Å². The largest absolute Gasteiger partial charge is 0.490 e. The van der Waals surface area contributed by atoms with Crippen LogP contribution in [0.25, 0.3) is 21.9 Å². The van der Waals surface area contributed by atoms with Gasteiger partial charge in [-0.25, -0.2) is 12.8 Å². The molecule has 32 heavy (non-hydrogen) atoms. The van der Waals surface area contributed by atoms with E-state index in [1.807, 2.05) is 0 Å². The summed E-state index contributed by atoms with van der Waals surface area (Å²) in [6.45, 7) is 3.84. The van der Waals surface area contributed by atoms with Gasteiger partial charge in [0.05, 0.1) is 22.1 Å². The van der Waals surface area contributed by atoms with E-state index in [1.54, 1.807) is 44.4 Å². The van der Waals surface area contributed by atoms with E-state index in [1.165, 1.54) is 16.7 Å². The number of hydrogen-bond acceptors (Lipinski definition) is 4. The predicted octanol–water partition coefficient (Wildman–Crippen LogP) is 5.10. The molecule has 3 aromatic rings. The fourth-order valence-electron chi connectivity index (χ4n) is 4.36. The summed E-state index contributed by atoms with van der Waals surface area (Å²) < 4.78 is 46.9. The van der Waals surface area contributed by atoms with Crippen molar-refractivity contribution < 1.29 is 17.5 Å². The molecule has 2 aromatic carbocycles. The number of aryl methyl sites for hydroxylation is 1. The van der Waals surface area contributed by atoms with Gasteiger partial charge in [0.2, 0.25) is 0 Å². The summed E-state index contributed by atoms with van der Waals surface area (Å²) in [7, 11) is -1.85. The Bertz CT molecular complexity index is 1320. The van der Waals surface area contributed by atoms with Gasteiger partial charge in [0.25, 0.3) is 5.56 Å². The Morgan fingerprint density at radius 2 is 1.75 bits per heavy atom. The molecule has 0 saturated heterocycles.